The Morgan fingerprint density at radius 2 is 1.62 bits per heavy atom. The van der Waals surface area contributed by atoms with Crippen LogP contribution >= 0.6 is 0 Å². The van der Waals surface area contributed by atoms with Crippen molar-refractivity contribution in [3.8, 4) is 5.75 Å². The number of urea groups is 1. The first-order valence-electron chi connectivity index (χ1n) is 11.9. The Balaban J connectivity index is 1.55. The number of nitrogens with one attached hydrogen (secondary N) is 2. The molecule has 3 aromatic rings. The lowest BCUT2D eigenvalue weighted by atomic mass is 10.1. The molecule has 10 heteroatoms. The molecule has 1 atom stereocenters. The van der Waals surface area contributed by atoms with Gasteiger partial charge in [-0.25, -0.2) is 13.2 Å². The second kappa shape index (κ2) is 11.4. The van der Waals surface area contributed by atoms with Gasteiger partial charge < -0.3 is 20.3 Å². The van der Waals surface area contributed by atoms with Crippen molar-refractivity contribution < 1.29 is 22.7 Å². The van der Waals surface area contributed by atoms with Crippen LogP contribution in [0.2, 0.25) is 0 Å². The first kappa shape index (κ1) is 26.2. The van der Waals surface area contributed by atoms with E-state index < -0.39 is 28.0 Å². The van der Waals surface area contributed by atoms with E-state index in [9.17, 15) is 18.0 Å². The van der Waals surface area contributed by atoms with Crippen LogP contribution in [-0.2, 0) is 21.4 Å². The number of methoxy groups -OCH3 is 1. The van der Waals surface area contributed by atoms with Gasteiger partial charge in [-0.3, -0.25) is 4.79 Å². The maximum atomic E-state index is 13.6. The summed E-state index contributed by atoms with van der Waals surface area (Å²) in [6, 6.07) is 21.2. The third-order valence-electron chi connectivity index (χ3n) is 6.20. The van der Waals surface area contributed by atoms with E-state index in [0.717, 1.165) is 11.1 Å². The number of amides is 3. The molecule has 1 aliphatic heterocycles. The quantitative estimate of drug-likeness (QED) is 0.495. The number of rotatable bonds is 7. The first-order chi connectivity index (χ1) is 17.8. The van der Waals surface area contributed by atoms with E-state index in [-0.39, 0.29) is 31.1 Å². The summed E-state index contributed by atoms with van der Waals surface area (Å²) >= 11 is 0. The van der Waals surface area contributed by atoms with Crippen LogP contribution in [0.5, 0.6) is 5.75 Å². The van der Waals surface area contributed by atoms with Gasteiger partial charge in [0.05, 0.1) is 12.0 Å². The standard InChI is InChI=1S/C27H30N4O5S/c1-20-8-10-22(11-9-20)29-27(33)30-16-17-31(37(34,35)24-14-12-23(36-2)13-15-24)25(19-30)26(32)28-18-21-6-4-3-5-7-21/h3-15,25H,16-19H2,1-2H3,(H,28,32)(H,29,33). The highest BCUT2D eigenvalue weighted by Gasteiger charge is 2.41. The van der Waals surface area contributed by atoms with Gasteiger partial charge in [-0.05, 0) is 48.9 Å². The fraction of sp³-hybridized carbons (Fsp3) is 0.259. The minimum atomic E-state index is -4.02. The zero-order valence-electron chi connectivity index (χ0n) is 20.8. The predicted molar refractivity (Wildman–Crippen MR) is 141 cm³/mol. The zero-order valence-corrected chi connectivity index (χ0v) is 21.6. The van der Waals surface area contributed by atoms with Crippen molar-refractivity contribution in [3.63, 3.8) is 0 Å². The number of sulfonamides is 1. The number of carbonyl (C=O) groups excluding carboxylic acids is 2. The Morgan fingerprint density at radius 1 is 0.946 bits per heavy atom. The number of benzene rings is 3. The Bertz CT molecular complexity index is 1330. The predicted octanol–water partition coefficient (Wildman–Crippen LogP) is 3.23. The van der Waals surface area contributed by atoms with Gasteiger partial charge in [-0.2, -0.15) is 4.31 Å². The number of piperazine rings is 1. The van der Waals surface area contributed by atoms with Crippen molar-refractivity contribution in [2.75, 3.05) is 32.1 Å². The maximum Gasteiger partial charge on any atom is 0.321 e. The van der Waals surface area contributed by atoms with Crippen LogP contribution in [-0.4, -0.2) is 62.3 Å². The van der Waals surface area contributed by atoms with Gasteiger partial charge in [0, 0.05) is 31.9 Å². The molecular weight excluding hydrogens is 492 g/mol. The lowest BCUT2D eigenvalue weighted by Gasteiger charge is -2.39. The number of anilines is 1. The molecule has 0 spiro atoms. The summed E-state index contributed by atoms with van der Waals surface area (Å²) in [6.07, 6.45) is 0. The average molecular weight is 523 g/mol. The summed E-state index contributed by atoms with van der Waals surface area (Å²) in [6.45, 7) is 2.21. The van der Waals surface area contributed by atoms with Crippen molar-refractivity contribution in [1.82, 2.24) is 14.5 Å². The van der Waals surface area contributed by atoms with Crippen LogP contribution in [0, 0.1) is 6.92 Å². The molecule has 0 aliphatic carbocycles. The van der Waals surface area contributed by atoms with Gasteiger partial charge in [0.15, 0.2) is 0 Å². The van der Waals surface area contributed by atoms with Crippen LogP contribution in [0.3, 0.4) is 0 Å². The minimum absolute atomic E-state index is 0.0287. The minimum Gasteiger partial charge on any atom is -0.497 e. The first-order valence-corrected chi connectivity index (χ1v) is 13.3. The molecule has 1 fully saturated rings. The van der Waals surface area contributed by atoms with Gasteiger partial charge in [-0.1, -0.05) is 48.0 Å². The molecule has 1 saturated heterocycles. The van der Waals surface area contributed by atoms with Crippen LogP contribution in [0.25, 0.3) is 0 Å². The maximum absolute atomic E-state index is 13.6. The topological polar surface area (TPSA) is 108 Å². The molecule has 37 heavy (non-hydrogen) atoms. The molecule has 0 bridgehead atoms. The largest absolute Gasteiger partial charge is 0.497 e. The van der Waals surface area contributed by atoms with E-state index in [4.69, 9.17) is 4.74 Å². The van der Waals surface area contributed by atoms with E-state index >= 15 is 0 Å². The normalized spacial score (nSPS) is 16.2. The summed E-state index contributed by atoms with van der Waals surface area (Å²) in [5.41, 5.74) is 2.56. The Kier molecular flexibility index (Phi) is 8.10. The van der Waals surface area contributed by atoms with Gasteiger partial charge in [-0.15, -0.1) is 0 Å². The third kappa shape index (κ3) is 6.28. The SMILES string of the molecule is COc1ccc(S(=O)(=O)N2CCN(C(=O)Nc3ccc(C)cc3)CC2C(=O)NCc2ccccc2)cc1. The second-order valence-corrected chi connectivity index (χ2v) is 10.6. The van der Waals surface area contributed by atoms with E-state index in [1.165, 1.54) is 28.4 Å². The lowest BCUT2D eigenvalue weighted by molar-refractivity contribution is -0.126. The third-order valence-corrected chi connectivity index (χ3v) is 8.12. The van der Waals surface area contributed by atoms with E-state index in [1.807, 2.05) is 49.4 Å². The summed E-state index contributed by atoms with van der Waals surface area (Å²) in [5.74, 6) is 0.0440. The van der Waals surface area contributed by atoms with Crippen molar-refractivity contribution in [3.05, 3.63) is 90.0 Å². The van der Waals surface area contributed by atoms with Gasteiger partial charge in [0.2, 0.25) is 15.9 Å². The zero-order chi connectivity index (χ0) is 26.4. The van der Waals surface area contributed by atoms with Gasteiger partial charge in [0.1, 0.15) is 11.8 Å². The summed E-state index contributed by atoms with van der Waals surface area (Å²) in [4.78, 5) is 27.8. The molecule has 0 radical (unpaired) electrons. The van der Waals surface area contributed by atoms with E-state index in [2.05, 4.69) is 10.6 Å². The second-order valence-electron chi connectivity index (χ2n) is 8.75. The smallest absolute Gasteiger partial charge is 0.321 e. The molecule has 1 heterocycles. The lowest BCUT2D eigenvalue weighted by Crippen LogP contribution is -2.61. The Hall–Kier alpha value is -3.89. The van der Waals surface area contributed by atoms with Crippen molar-refractivity contribution in [1.29, 1.82) is 0 Å². The molecule has 1 unspecified atom stereocenters. The molecule has 0 aromatic heterocycles. The fourth-order valence-corrected chi connectivity index (χ4v) is 5.65. The number of nitrogens with zero attached hydrogens (tertiary/aromatic N) is 2. The molecule has 2 N–H and O–H groups in total. The summed E-state index contributed by atoms with van der Waals surface area (Å²) in [7, 11) is -2.52. The number of aryl methyl sites for hydroxylation is 1. The molecule has 1 aliphatic rings. The van der Waals surface area contributed by atoms with Crippen molar-refractivity contribution in [2.24, 2.45) is 0 Å². The highest BCUT2D eigenvalue weighted by Crippen LogP contribution is 2.24. The Labute approximate surface area is 217 Å². The van der Waals surface area contributed by atoms with E-state index in [0.29, 0.717) is 11.4 Å². The van der Waals surface area contributed by atoms with Crippen LogP contribution < -0.4 is 15.4 Å². The van der Waals surface area contributed by atoms with Crippen LogP contribution in [0.15, 0.2) is 83.8 Å². The highest BCUT2D eigenvalue weighted by atomic mass is 32.2. The number of hydrogen-bond donors (Lipinski definition) is 2. The summed E-state index contributed by atoms with van der Waals surface area (Å²) in [5, 5.41) is 5.66. The fourth-order valence-electron chi connectivity index (χ4n) is 4.08. The molecular formula is C27H30N4O5S. The average Bonchev–Trinajstić information content (AvgIpc) is 2.93. The van der Waals surface area contributed by atoms with Crippen molar-refractivity contribution in [2.45, 2.75) is 24.4 Å². The molecule has 0 saturated carbocycles. The number of hydrogen-bond acceptors (Lipinski definition) is 5. The molecule has 3 amide bonds. The summed E-state index contributed by atoms with van der Waals surface area (Å²) < 4.78 is 33.4. The van der Waals surface area contributed by atoms with Crippen LogP contribution in [0.4, 0.5) is 10.5 Å². The molecule has 3 aromatic carbocycles. The molecule has 9 nitrogen and oxygen atoms in total. The monoisotopic (exact) mass is 522 g/mol. The Morgan fingerprint density at radius 3 is 2.27 bits per heavy atom. The van der Waals surface area contributed by atoms with Crippen LogP contribution in [0.1, 0.15) is 11.1 Å². The highest BCUT2D eigenvalue weighted by molar-refractivity contribution is 7.89. The van der Waals surface area contributed by atoms with Gasteiger partial charge >= 0.3 is 6.03 Å². The van der Waals surface area contributed by atoms with Gasteiger partial charge in [0.25, 0.3) is 0 Å². The molecule has 194 valence electrons. The number of ether oxygens (including phenoxy) is 1. The number of carbonyl (C=O) groups is 2. The molecule has 4 rings (SSSR count). The van der Waals surface area contributed by atoms with Crippen molar-refractivity contribution >= 4 is 27.6 Å². The van der Waals surface area contributed by atoms with E-state index in [1.54, 1.807) is 24.3 Å².